The zero-order valence-corrected chi connectivity index (χ0v) is 5.61. The van der Waals surface area contributed by atoms with Crippen LogP contribution in [0.2, 0.25) is 0 Å². The number of hydrogen-bond donors (Lipinski definition) is 1. The molecular formula is C6H8N2O2. The van der Waals surface area contributed by atoms with Crippen molar-refractivity contribution in [3.63, 3.8) is 0 Å². The molecule has 0 aromatic rings. The lowest BCUT2D eigenvalue weighted by Gasteiger charge is -1.84. The molecule has 0 aliphatic carbocycles. The van der Waals surface area contributed by atoms with Crippen LogP contribution in [0.15, 0.2) is 22.4 Å². The summed E-state index contributed by atoms with van der Waals surface area (Å²) in [6, 6.07) is 0. The topological polar surface area (TPSA) is 62.0 Å². The molecule has 1 N–H and O–H groups in total. The highest BCUT2D eigenvalue weighted by atomic mass is 16.4. The van der Waals surface area contributed by atoms with E-state index in [1.807, 2.05) is 0 Å². The highest BCUT2D eigenvalue weighted by molar-refractivity contribution is 6.34. The summed E-state index contributed by atoms with van der Waals surface area (Å²) in [6.07, 6.45) is 2.59. The van der Waals surface area contributed by atoms with E-state index in [-0.39, 0.29) is 5.71 Å². The van der Waals surface area contributed by atoms with Crippen molar-refractivity contribution in [2.45, 2.75) is 6.92 Å². The van der Waals surface area contributed by atoms with Crippen LogP contribution in [0.1, 0.15) is 6.92 Å². The smallest absolute Gasteiger partial charge is 0.349 e. The molecule has 0 heterocycles. The van der Waals surface area contributed by atoms with Gasteiger partial charge in [0.1, 0.15) is 5.71 Å². The summed E-state index contributed by atoms with van der Waals surface area (Å²) in [7, 11) is 0. The molecule has 0 radical (unpaired) electrons. The molecule has 0 aliphatic rings. The van der Waals surface area contributed by atoms with Crippen molar-refractivity contribution in [3.05, 3.63) is 12.4 Å². The predicted molar refractivity (Wildman–Crippen MR) is 39.4 cm³/mol. The molecule has 10 heavy (non-hydrogen) atoms. The molecule has 0 aromatic heterocycles. The van der Waals surface area contributed by atoms with Gasteiger partial charge < -0.3 is 5.11 Å². The second-order valence-corrected chi connectivity index (χ2v) is 1.50. The number of carboxylic acids is 1. The van der Waals surface area contributed by atoms with Crippen molar-refractivity contribution in [2.75, 3.05) is 0 Å². The average molecular weight is 140 g/mol. The van der Waals surface area contributed by atoms with Gasteiger partial charge >= 0.3 is 5.97 Å². The molecule has 0 aromatic carbocycles. The van der Waals surface area contributed by atoms with Gasteiger partial charge in [0.15, 0.2) is 0 Å². The van der Waals surface area contributed by atoms with E-state index in [1.165, 1.54) is 19.3 Å². The third kappa shape index (κ3) is 3.54. The van der Waals surface area contributed by atoms with E-state index >= 15 is 0 Å². The largest absolute Gasteiger partial charge is 0.477 e. The summed E-state index contributed by atoms with van der Waals surface area (Å²) in [5, 5.41) is 8.27. The van der Waals surface area contributed by atoms with Crippen molar-refractivity contribution in [1.29, 1.82) is 0 Å². The molecule has 0 saturated carbocycles. The second kappa shape index (κ2) is 4.43. The standard InChI is InChI=1S/C6H8N2O2/c1-5(6(9)10)8-4-3-7-2/h3-4H,2H2,1H3,(H,9,10)/b4-3-,8-5+. The fourth-order valence-corrected chi connectivity index (χ4v) is 0.247. The first-order chi connectivity index (χ1) is 4.68. The monoisotopic (exact) mass is 140 g/mol. The third-order valence-electron chi connectivity index (χ3n) is 0.750. The van der Waals surface area contributed by atoms with Gasteiger partial charge in [-0.05, 0) is 13.6 Å². The summed E-state index contributed by atoms with van der Waals surface area (Å²) in [5.41, 5.74) is 0.0277. The lowest BCUT2D eigenvalue weighted by Crippen LogP contribution is -2.06. The summed E-state index contributed by atoms with van der Waals surface area (Å²) in [4.78, 5) is 16.9. The number of aliphatic imine (C=N–C) groups is 2. The zero-order chi connectivity index (χ0) is 7.98. The summed E-state index contributed by atoms with van der Waals surface area (Å²) >= 11 is 0. The highest BCUT2D eigenvalue weighted by Crippen LogP contribution is 1.80. The molecule has 0 atom stereocenters. The molecule has 0 spiro atoms. The molecule has 4 heteroatoms. The van der Waals surface area contributed by atoms with Gasteiger partial charge in [-0.2, -0.15) is 0 Å². The van der Waals surface area contributed by atoms with E-state index in [0.29, 0.717) is 0 Å². The van der Waals surface area contributed by atoms with Crippen LogP contribution in [-0.2, 0) is 4.79 Å². The molecule has 0 unspecified atom stereocenters. The maximum absolute atomic E-state index is 10.1. The molecule has 0 amide bonds. The average Bonchev–Trinajstić information content (AvgIpc) is 1.88. The molecule has 0 fully saturated rings. The third-order valence-corrected chi connectivity index (χ3v) is 0.750. The van der Waals surface area contributed by atoms with Gasteiger partial charge in [-0.1, -0.05) is 0 Å². The number of aliphatic carboxylic acids is 1. The number of carboxylic acid groups (broad SMARTS) is 1. The van der Waals surface area contributed by atoms with Crippen LogP contribution in [0.3, 0.4) is 0 Å². The van der Waals surface area contributed by atoms with E-state index in [1.54, 1.807) is 0 Å². The Balaban J connectivity index is 4.04. The van der Waals surface area contributed by atoms with E-state index in [0.717, 1.165) is 0 Å². The van der Waals surface area contributed by atoms with E-state index in [2.05, 4.69) is 16.7 Å². The van der Waals surface area contributed by atoms with Crippen LogP contribution in [-0.4, -0.2) is 23.5 Å². The molecule has 0 saturated heterocycles. The van der Waals surface area contributed by atoms with Crippen molar-refractivity contribution >= 4 is 18.4 Å². The summed E-state index contributed by atoms with van der Waals surface area (Å²) in [6.45, 7) is 4.55. The molecule has 54 valence electrons. The molecule has 4 nitrogen and oxygen atoms in total. The van der Waals surface area contributed by atoms with Gasteiger partial charge in [-0.25, -0.2) is 4.79 Å². The Labute approximate surface area is 58.6 Å². The van der Waals surface area contributed by atoms with Crippen LogP contribution in [0.25, 0.3) is 0 Å². The minimum absolute atomic E-state index is 0.0277. The fourth-order valence-electron chi connectivity index (χ4n) is 0.247. The van der Waals surface area contributed by atoms with Gasteiger partial charge in [-0.3, -0.25) is 9.98 Å². The number of nitrogens with zero attached hydrogens (tertiary/aromatic N) is 2. The normalized spacial score (nSPS) is 11.9. The first-order valence-electron chi connectivity index (χ1n) is 2.57. The number of carbonyl (C=O) groups is 1. The Morgan fingerprint density at radius 3 is 2.60 bits per heavy atom. The van der Waals surface area contributed by atoms with Crippen LogP contribution in [0.5, 0.6) is 0 Å². The zero-order valence-electron chi connectivity index (χ0n) is 5.61. The van der Waals surface area contributed by atoms with Gasteiger partial charge in [-0.15, -0.1) is 0 Å². The minimum Gasteiger partial charge on any atom is -0.477 e. The van der Waals surface area contributed by atoms with Crippen molar-refractivity contribution < 1.29 is 9.90 Å². The van der Waals surface area contributed by atoms with Crippen molar-refractivity contribution in [1.82, 2.24) is 0 Å². The molecule has 0 rings (SSSR count). The first kappa shape index (κ1) is 8.55. The predicted octanol–water partition coefficient (Wildman–Crippen LogP) is 0.704. The number of rotatable bonds is 3. The quantitative estimate of drug-likeness (QED) is 0.586. The maximum Gasteiger partial charge on any atom is 0.349 e. The van der Waals surface area contributed by atoms with Gasteiger partial charge in [0.05, 0.1) is 0 Å². The molecular weight excluding hydrogens is 132 g/mol. The van der Waals surface area contributed by atoms with E-state index in [4.69, 9.17) is 5.11 Å². The first-order valence-corrected chi connectivity index (χ1v) is 2.57. The molecule has 0 bridgehead atoms. The Morgan fingerprint density at radius 2 is 2.20 bits per heavy atom. The number of hydrogen-bond acceptors (Lipinski definition) is 3. The minimum atomic E-state index is -1.03. The Bertz CT molecular complexity index is 194. The Hall–Kier alpha value is -1.45. The maximum atomic E-state index is 10.1. The van der Waals surface area contributed by atoms with E-state index < -0.39 is 5.97 Å². The second-order valence-electron chi connectivity index (χ2n) is 1.50. The SMILES string of the molecule is C=N/C=C\N=C(/C)C(=O)O. The van der Waals surface area contributed by atoms with Gasteiger partial charge in [0.2, 0.25) is 0 Å². The van der Waals surface area contributed by atoms with Crippen LogP contribution in [0.4, 0.5) is 0 Å². The summed E-state index contributed by atoms with van der Waals surface area (Å²) in [5.74, 6) is -1.03. The lowest BCUT2D eigenvalue weighted by atomic mass is 10.4. The summed E-state index contributed by atoms with van der Waals surface area (Å²) < 4.78 is 0. The van der Waals surface area contributed by atoms with Gasteiger partial charge in [0.25, 0.3) is 0 Å². The fraction of sp³-hybridized carbons (Fsp3) is 0.167. The van der Waals surface area contributed by atoms with Crippen molar-refractivity contribution in [3.8, 4) is 0 Å². The van der Waals surface area contributed by atoms with Crippen LogP contribution >= 0.6 is 0 Å². The lowest BCUT2D eigenvalue weighted by molar-refractivity contribution is -0.129. The molecule has 0 aliphatic heterocycles. The Morgan fingerprint density at radius 1 is 1.60 bits per heavy atom. The van der Waals surface area contributed by atoms with Gasteiger partial charge in [0, 0.05) is 12.4 Å². The Kier molecular flexibility index (Phi) is 3.79. The highest BCUT2D eigenvalue weighted by Gasteiger charge is 1.97. The van der Waals surface area contributed by atoms with Crippen molar-refractivity contribution in [2.24, 2.45) is 9.98 Å². The van der Waals surface area contributed by atoms with E-state index in [9.17, 15) is 4.79 Å². The van der Waals surface area contributed by atoms with Crippen LogP contribution < -0.4 is 0 Å². The van der Waals surface area contributed by atoms with Crippen LogP contribution in [0, 0.1) is 0 Å².